The van der Waals surface area contributed by atoms with E-state index in [4.69, 9.17) is 0 Å². The summed E-state index contributed by atoms with van der Waals surface area (Å²) in [6.07, 6.45) is 0. The van der Waals surface area contributed by atoms with Crippen molar-refractivity contribution in [2.24, 2.45) is 20.5 Å². The zero-order valence-electron chi connectivity index (χ0n) is 11.0. The standard InChI is InChI=1S/C12H19N5/c1-8-6-11(9(2)16-13-4)15-12(7-8)10(3)17-14-5/h6-7,9-10H,1-5H3. The van der Waals surface area contributed by atoms with Gasteiger partial charge in [-0.2, -0.15) is 20.5 Å². The van der Waals surface area contributed by atoms with Crippen LogP contribution in [0.4, 0.5) is 0 Å². The van der Waals surface area contributed by atoms with Crippen LogP contribution in [-0.4, -0.2) is 19.1 Å². The molecule has 0 bridgehead atoms. The Bertz CT molecular complexity index is 389. The summed E-state index contributed by atoms with van der Waals surface area (Å²) in [5, 5.41) is 15.8. The van der Waals surface area contributed by atoms with Crippen molar-refractivity contribution in [2.75, 3.05) is 14.1 Å². The second-order valence-corrected chi connectivity index (χ2v) is 3.98. The molecule has 0 spiro atoms. The van der Waals surface area contributed by atoms with Gasteiger partial charge >= 0.3 is 0 Å². The molecule has 1 rings (SSSR count). The molecule has 17 heavy (non-hydrogen) atoms. The van der Waals surface area contributed by atoms with Gasteiger partial charge in [0.25, 0.3) is 0 Å². The predicted molar refractivity (Wildman–Crippen MR) is 67.4 cm³/mol. The lowest BCUT2D eigenvalue weighted by Gasteiger charge is -2.11. The van der Waals surface area contributed by atoms with Crippen LogP contribution < -0.4 is 0 Å². The van der Waals surface area contributed by atoms with E-state index in [1.165, 1.54) is 0 Å². The van der Waals surface area contributed by atoms with E-state index in [9.17, 15) is 0 Å². The van der Waals surface area contributed by atoms with Gasteiger partial charge in [-0.05, 0) is 38.5 Å². The number of hydrogen-bond donors (Lipinski definition) is 0. The fourth-order valence-electron chi connectivity index (χ4n) is 1.61. The van der Waals surface area contributed by atoms with Gasteiger partial charge in [0.2, 0.25) is 0 Å². The molecular weight excluding hydrogens is 214 g/mol. The third-order valence-electron chi connectivity index (χ3n) is 2.44. The monoisotopic (exact) mass is 233 g/mol. The lowest BCUT2D eigenvalue weighted by Crippen LogP contribution is -2.01. The topological polar surface area (TPSA) is 62.3 Å². The molecule has 5 nitrogen and oxygen atoms in total. The minimum Gasteiger partial charge on any atom is -0.253 e. The van der Waals surface area contributed by atoms with Gasteiger partial charge in [0.05, 0.1) is 11.4 Å². The van der Waals surface area contributed by atoms with Crippen molar-refractivity contribution in [2.45, 2.75) is 32.9 Å². The average Bonchev–Trinajstić information content (AvgIpc) is 2.29. The molecule has 0 aromatic carbocycles. The summed E-state index contributed by atoms with van der Waals surface area (Å²) in [4.78, 5) is 4.56. The SMILES string of the molecule is CN=NC(C)c1cc(C)cc(C(C)N=NC)n1. The van der Waals surface area contributed by atoms with Gasteiger partial charge < -0.3 is 0 Å². The van der Waals surface area contributed by atoms with Crippen molar-refractivity contribution < 1.29 is 0 Å². The molecule has 0 aliphatic heterocycles. The summed E-state index contributed by atoms with van der Waals surface area (Å²) >= 11 is 0. The van der Waals surface area contributed by atoms with Crippen LogP contribution in [0.15, 0.2) is 32.6 Å². The Morgan fingerprint density at radius 1 is 0.941 bits per heavy atom. The summed E-state index contributed by atoms with van der Waals surface area (Å²) in [5.41, 5.74) is 2.99. The van der Waals surface area contributed by atoms with E-state index in [0.717, 1.165) is 17.0 Å². The summed E-state index contributed by atoms with van der Waals surface area (Å²) in [6, 6.07) is 4.01. The first kappa shape index (κ1) is 13.4. The Morgan fingerprint density at radius 2 is 1.35 bits per heavy atom. The molecule has 0 saturated carbocycles. The molecule has 1 aromatic heterocycles. The Balaban J connectivity index is 3.09. The maximum Gasteiger partial charge on any atom is 0.110 e. The highest BCUT2D eigenvalue weighted by atomic mass is 15.1. The molecule has 1 heterocycles. The summed E-state index contributed by atoms with van der Waals surface area (Å²) in [7, 11) is 3.34. The third kappa shape index (κ3) is 3.69. The summed E-state index contributed by atoms with van der Waals surface area (Å²) < 4.78 is 0. The highest BCUT2D eigenvalue weighted by Crippen LogP contribution is 2.21. The Labute approximate surface area is 102 Å². The van der Waals surface area contributed by atoms with E-state index in [0.29, 0.717) is 0 Å². The smallest absolute Gasteiger partial charge is 0.110 e. The van der Waals surface area contributed by atoms with E-state index in [1.54, 1.807) is 14.1 Å². The van der Waals surface area contributed by atoms with Crippen LogP contribution in [0.3, 0.4) is 0 Å². The zero-order valence-corrected chi connectivity index (χ0v) is 11.0. The normalized spacial score (nSPS) is 15.6. The summed E-state index contributed by atoms with van der Waals surface area (Å²) in [6.45, 7) is 6.00. The largest absolute Gasteiger partial charge is 0.253 e. The second-order valence-electron chi connectivity index (χ2n) is 3.98. The van der Waals surface area contributed by atoms with Crippen molar-refractivity contribution in [1.82, 2.24) is 4.98 Å². The van der Waals surface area contributed by atoms with Gasteiger partial charge in [-0.25, -0.2) is 0 Å². The van der Waals surface area contributed by atoms with Gasteiger partial charge in [-0.1, -0.05) is 0 Å². The van der Waals surface area contributed by atoms with Gasteiger partial charge in [-0.15, -0.1) is 0 Å². The first-order valence-corrected chi connectivity index (χ1v) is 5.64. The molecule has 0 aliphatic rings. The first-order chi connectivity index (χ1) is 8.08. The van der Waals surface area contributed by atoms with Gasteiger partial charge in [0, 0.05) is 14.1 Å². The van der Waals surface area contributed by atoms with Crippen molar-refractivity contribution in [3.8, 4) is 0 Å². The molecule has 0 fully saturated rings. The van der Waals surface area contributed by atoms with Crippen molar-refractivity contribution in [3.63, 3.8) is 0 Å². The number of aryl methyl sites for hydroxylation is 1. The number of nitrogens with zero attached hydrogens (tertiary/aromatic N) is 5. The van der Waals surface area contributed by atoms with Gasteiger partial charge in [-0.3, -0.25) is 4.98 Å². The first-order valence-electron chi connectivity index (χ1n) is 5.64. The zero-order chi connectivity index (χ0) is 12.8. The van der Waals surface area contributed by atoms with Crippen molar-refractivity contribution in [3.05, 3.63) is 29.1 Å². The quantitative estimate of drug-likeness (QED) is 0.732. The fourth-order valence-corrected chi connectivity index (χ4v) is 1.61. The van der Waals surface area contributed by atoms with Crippen molar-refractivity contribution >= 4 is 0 Å². The van der Waals surface area contributed by atoms with Crippen LogP contribution in [0.25, 0.3) is 0 Å². The number of azo groups is 2. The molecule has 0 N–H and O–H groups in total. The van der Waals surface area contributed by atoms with Crippen LogP contribution in [0, 0.1) is 6.92 Å². The Kier molecular flexibility index (Phi) is 4.87. The molecule has 0 saturated heterocycles. The molecule has 0 amide bonds. The number of aromatic nitrogens is 1. The molecule has 2 atom stereocenters. The van der Waals surface area contributed by atoms with Crippen LogP contribution in [-0.2, 0) is 0 Å². The third-order valence-corrected chi connectivity index (χ3v) is 2.44. The molecule has 0 radical (unpaired) electrons. The van der Waals surface area contributed by atoms with E-state index >= 15 is 0 Å². The molecule has 1 aromatic rings. The van der Waals surface area contributed by atoms with Crippen LogP contribution >= 0.6 is 0 Å². The van der Waals surface area contributed by atoms with E-state index in [2.05, 4.69) is 25.4 Å². The van der Waals surface area contributed by atoms with Crippen LogP contribution in [0.1, 0.15) is 42.9 Å². The number of rotatable bonds is 4. The minimum absolute atomic E-state index is 0.0237. The molecular formula is C12H19N5. The van der Waals surface area contributed by atoms with Crippen LogP contribution in [0.2, 0.25) is 0 Å². The van der Waals surface area contributed by atoms with E-state index in [-0.39, 0.29) is 12.1 Å². The highest BCUT2D eigenvalue weighted by Gasteiger charge is 2.11. The Hall–Kier alpha value is -1.65. The maximum absolute atomic E-state index is 4.56. The van der Waals surface area contributed by atoms with Crippen molar-refractivity contribution in [1.29, 1.82) is 0 Å². The highest BCUT2D eigenvalue weighted by molar-refractivity contribution is 5.23. The predicted octanol–water partition coefficient (Wildman–Crippen LogP) is 3.68. The number of pyridine rings is 1. The minimum atomic E-state index is -0.0237. The van der Waals surface area contributed by atoms with Gasteiger partial charge in [0.15, 0.2) is 0 Å². The van der Waals surface area contributed by atoms with E-state index < -0.39 is 0 Å². The van der Waals surface area contributed by atoms with Gasteiger partial charge in [0.1, 0.15) is 12.1 Å². The lowest BCUT2D eigenvalue weighted by atomic mass is 10.1. The molecule has 2 unspecified atom stereocenters. The molecule has 0 aliphatic carbocycles. The second kappa shape index (κ2) is 6.18. The molecule has 5 heteroatoms. The molecule has 92 valence electrons. The number of hydrogen-bond acceptors (Lipinski definition) is 5. The maximum atomic E-state index is 4.56. The fraction of sp³-hybridized carbons (Fsp3) is 0.583. The average molecular weight is 233 g/mol. The summed E-state index contributed by atoms with van der Waals surface area (Å²) in [5.74, 6) is 0. The van der Waals surface area contributed by atoms with Crippen LogP contribution in [0.5, 0.6) is 0 Å². The van der Waals surface area contributed by atoms with E-state index in [1.807, 2.05) is 32.9 Å². The Morgan fingerprint density at radius 3 is 1.71 bits per heavy atom. The lowest BCUT2D eigenvalue weighted by molar-refractivity contribution is 0.682.